The van der Waals surface area contributed by atoms with Gasteiger partial charge in [0.15, 0.2) is 0 Å². The van der Waals surface area contributed by atoms with Gasteiger partial charge in [0.2, 0.25) is 0 Å². The maximum absolute atomic E-state index is 9.43. The molecular formula is C16H29N3. The molecule has 4 unspecified atom stereocenters. The largest absolute Gasteiger partial charge is 0.305 e. The molecule has 0 radical (unpaired) electrons. The molecule has 19 heavy (non-hydrogen) atoms. The Kier molecular flexibility index (Phi) is 5.24. The number of rotatable bonds is 3. The molecule has 0 bridgehead atoms. The van der Waals surface area contributed by atoms with Crippen molar-refractivity contribution in [3.05, 3.63) is 0 Å². The molecule has 3 nitrogen and oxygen atoms in total. The van der Waals surface area contributed by atoms with Crippen LogP contribution < -0.4 is 0 Å². The lowest BCUT2D eigenvalue weighted by Crippen LogP contribution is -2.52. The molecule has 3 heteroatoms. The average Bonchev–Trinajstić information content (AvgIpc) is 2.45. The van der Waals surface area contributed by atoms with Gasteiger partial charge in [0.25, 0.3) is 0 Å². The minimum Gasteiger partial charge on any atom is -0.305 e. The fraction of sp³-hybridized carbons (Fsp3) is 0.938. The first-order valence-electron chi connectivity index (χ1n) is 7.95. The van der Waals surface area contributed by atoms with Crippen LogP contribution in [-0.2, 0) is 0 Å². The Morgan fingerprint density at radius 2 is 2.11 bits per heavy atom. The van der Waals surface area contributed by atoms with Crippen molar-refractivity contribution in [1.29, 1.82) is 5.26 Å². The summed E-state index contributed by atoms with van der Waals surface area (Å²) in [7, 11) is 4.48. The molecule has 2 fully saturated rings. The number of likely N-dealkylation sites (tertiary alicyclic amines) is 1. The fourth-order valence-corrected chi connectivity index (χ4v) is 3.95. The second-order valence-electron chi connectivity index (χ2n) is 6.61. The maximum atomic E-state index is 9.43. The Balaban J connectivity index is 2.01. The van der Waals surface area contributed by atoms with E-state index in [1.807, 2.05) is 0 Å². The van der Waals surface area contributed by atoms with Crippen molar-refractivity contribution in [2.45, 2.75) is 57.5 Å². The first-order chi connectivity index (χ1) is 9.15. The zero-order valence-electron chi connectivity index (χ0n) is 12.8. The van der Waals surface area contributed by atoms with E-state index in [9.17, 15) is 5.26 Å². The quantitative estimate of drug-likeness (QED) is 0.784. The van der Waals surface area contributed by atoms with E-state index < -0.39 is 0 Å². The summed E-state index contributed by atoms with van der Waals surface area (Å²) in [4.78, 5) is 4.98. The first-order valence-corrected chi connectivity index (χ1v) is 7.95. The van der Waals surface area contributed by atoms with Crippen LogP contribution in [-0.4, -0.2) is 49.1 Å². The van der Waals surface area contributed by atoms with Gasteiger partial charge in [0.1, 0.15) is 0 Å². The number of piperidine rings is 1. The van der Waals surface area contributed by atoms with E-state index in [0.29, 0.717) is 12.1 Å². The zero-order chi connectivity index (χ0) is 13.8. The molecule has 108 valence electrons. The predicted molar refractivity (Wildman–Crippen MR) is 78.8 cm³/mol. The van der Waals surface area contributed by atoms with E-state index in [4.69, 9.17) is 0 Å². The molecule has 0 aromatic carbocycles. The van der Waals surface area contributed by atoms with Gasteiger partial charge in [-0.3, -0.25) is 4.90 Å². The molecule has 2 rings (SSSR count). The smallest absolute Gasteiger partial charge is 0.0672 e. The molecule has 1 saturated carbocycles. The summed E-state index contributed by atoms with van der Waals surface area (Å²) >= 11 is 0. The van der Waals surface area contributed by atoms with Crippen molar-refractivity contribution in [3.63, 3.8) is 0 Å². The number of nitriles is 1. The number of hydrogen-bond acceptors (Lipinski definition) is 3. The third kappa shape index (κ3) is 3.49. The molecule has 1 aliphatic heterocycles. The number of hydrogen-bond donors (Lipinski definition) is 0. The van der Waals surface area contributed by atoms with Gasteiger partial charge in [0.05, 0.1) is 12.0 Å². The lowest BCUT2D eigenvalue weighted by molar-refractivity contribution is 0.0507. The highest BCUT2D eigenvalue weighted by molar-refractivity contribution is 4.98. The fourth-order valence-electron chi connectivity index (χ4n) is 3.95. The van der Waals surface area contributed by atoms with Gasteiger partial charge in [0, 0.05) is 18.6 Å². The van der Waals surface area contributed by atoms with Crippen LogP contribution in [0.5, 0.6) is 0 Å². The third-order valence-corrected chi connectivity index (χ3v) is 5.37. The standard InChI is InChI=1S/C16H29N3/c1-4-13-7-8-14(11-17)16(10-13)19(3)15-6-5-9-18(2)12-15/h13-16H,4-10,12H2,1-3H3. The lowest BCUT2D eigenvalue weighted by atomic mass is 9.76. The average molecular weight is 263 g/mol. The Hall–Kier alpha value is -0.590. The van der Waals surface area contributed by atoms with Gasteiger partial charge in [-0.1, -0.05) is 13.3 Å². The molecule has 1 aliphatic carbocycles. The van der Waals surface area contributed by atoms with Gasteiger partial charge in [-0.2, -0.15) is 5.26 Å². The molecule has 2 aliphatic rings. The van der Waals surface area contributed by atoms with E-state index >= 15 is 0 Å². The molecule has 1 heterocycles. The molecule has 0 spiro atoms. The van der Waals surface area contributed by atoms with Crippen LogP contribution in [0.4, 0.5) is 0 Å². The molecule has 0 amide bonds. The Morgan fingerprint density at radius 3 is 2.74 bits per heavy atom. The van der Waals surface area contributed by atoms with Crippen LogP contribution in [0.1, 0.15) is 45.4 Å². The lowest BCUT2D eigenvalue weighted by Gasteiger charge is -2.44. The molecule has 0 aromatic heterocycles. The summed E-state index contributed by atoms with van der Waals surface area (Å²) in [5, 5.41) is 9.43. The summed E-state index contributed by atoms with van der Waals surface area (Å²) in [5.41, 5.74) is 0. The maximum Gasteiger partial charge on any atom is 0.0672 e. The molecule has 1 saturated heterocycles. The number of nitrogens with zero attached hydrogens (tertiary/aromatic N) is 3. The summed E-state index contributed by atoms with van der Waals surface area (Å²) in [5.74, 6) is 1.08. The van der Waals surface area contributed by atoms with Crippen molar-refractivity contribution in [3.8, 4) is 6.07 Å². The first kappa shape index (κ1) is 14.8. The van der Waals surface area contributed by atoms with Gasteiger partial charge < -0.3 is 4.90 Å². The van der Waals surface area contributed by atoms with Crippen LogP contribution in [0, 0.1) is 23.2 Å². The highest BCUT2D eigenvalue weighted by Crippen LogP contribution is 2.34. The van der Waals surface area contributed by atoms with Crippen LogP contribution in [0.2, 0.25) is 0 Å². The van der Waals surface area contributed by atoms with Crippen molar-refractivity contribution in [2.75, 3.05) is 27.2 Å². The van der Waals surface area contributed by atoms with Crippen molar-refractivity contribution >= 4 is 0 Å². The van der Waals surface area contributed by atoms with E-state index in [0.717, 1.165) is 12.3 Å². The van der Waals surface area contributed by atoms with Gasteiger partial charge in [-0.15, -0.1) is 0 Å². The summed E-state index contributed by atoms with van der Waals surface area (Å²) in [6, 6.07) is 3.71. The minimum atomic E-state index is 0.250. The van der Waals surface area contributed by atoms with Gasteiger partial charge in [-0.05, 0) is 58.7 Å². The molecular weight excluding hydrogens is 234 g/mol. The third-order valence-electron chi connectivity index (χ3n) is 5.37. The second-order valence-corrected chi connectivity index (χ2v) is 6.61. The van der Waals surface area contributed by atoms with Gasteiger partial charge >= 0.3 is 0 Å². The normalized spacial score (nSPS) is 37.2. The van der Waals surface area contributed by atoms with E-state index in [-0.39, 0.29) is 5.92 Å². The molecule has 0 aromatic rings. The SMILES string of the molecule is CCC1CCC(C#N)C(N(C)C2CCCN(C)C2)C1. The van der Waals surface area contributed by atoms with E-state index in [1.165, 1.54) is 45.2 Å². The summed E-state index contributed by atoms with van der Waals surface area (Å²) in [6.07, 6.45) is 7.45. The predicted octanol–water partition coefficient (Wildman–Crippen LogP) is 2.73. The Morgan fingerprint density at radius 1 is 1.32 bits per heavy atom. The topological polar surface area (TPSA) is 30.3 Å². The molecule has 4 atom stereocenters. The highest BCUT2D eigenvalue weighted by atomic mass is 15.2. The van der Waals surface area contributed by atoms with Crippen molar-refractivity contribution in [2.24, 2.45) is 11.8 Å². The van der Waals surface area contributed by atoms with Crippen LogP contribution in [0.3, 0.4) is 0 Å². The minimum absolute atomic E-state index is 0.250. The molecule has 0 N–H and O–H groups in total. The highest BCUT2D eigenvalue weighted by Gasteiger charge is 2.35. The monoisotopic (exact) mass is 263 g/mol. The number of likely N-dealkylation sites (N-methyl/N-ethyl adjacent to an activating group) is 2. The Labute approximate surface area is 118 Å². The van der Waals surface area contributed by atoms with Crippen LogP contribution in [0.25, 0.3) is 0 Å². The Bertz CT molecular complexity index is 322. The van der Waals surface area contributed by atoms with Crippen LogP contribution >= 0.6 is 0 Å². The van der Waals surface area contributed by atoms with Crippen molar-refractivity contribution < 1.29 is 0 Å². The van der Waals surface area contributed by atoms with E-state index in [2.05, 4.69) is 36.9 Å². The van der Waals surface area contributed by atoms with E-state index in [1.54, 1.807) is 0 Å². The zero-order valence-corrected chi connectivity index (χ0v) is 12.8. The van der Waals surface area contributed by atoms with Crippen LogP contribution in [0.15, 0.2) is 0 Å². The second kappa shape index (κ2) is 6.72. The van der Waals surface area contributed by atoms with Gasteiger partial charge in [-0.25, -0.2) is 0 Å². The van der Waals surface area contributed by atoms with Crippen molar-refractivity contribution in [1.82, 2.24) is 9.80 Å². The summed E-state index contributed by atoms with van der Waals surface area (Å²) < 4.78 is 0. The summed E-state index contributed by atoms with van der Waals surface area (Å²) in [6.45, 7) is 4.69.